The van der Waals surface area contributed by atoms with Gasteiger partial charge in [-0.25, -0.2) is 13.5 Å². The third-order valence-corrected chi connectivity index (χ3v) is 7.26. The predicted octanol–water partition coefficient (Wildman–Crippen LogP) is 6.24. The molecule has 1 aliphatic heterocycles. The number of imidazole rings is 1. The third kappa shape index (κ3) is 4.41. The number of hydrogen-bond acceptors (Lipinski definition) is 1. The number of fused-ring (bicyclic) bond motifs is 1. The van der Waals surface area contributed by atoms with Crippen LogP contribution in [0.4, 0.5) is 4.39 Å². The molecule has 4 heteroatoms. The van der Waals surface area contributed by atoms with E-state index in [0.29, 0.717) is 12.5 Å². The molecule has 0 unspecified atom stereocenters. The van der Waals surface area contributed by atoms with E-state index in [1.54, 1.807) is 0 Å². The quantitative estimate of drug-likeness (QED) is 0.347. The maximum Gasteiger partial charge on any atom is 0.257 e. The molecule has 0 radical (unpaired) electrons. The Morgan fingerprint density at radius 3 is 2.38 bits per heavy atom. The van der Waals surface area contributed by atoms with E-state index in [0.717, 1.165) is 42.6 Å². The zero-order chi connectivity index (χ0) is 21.9. The number of Topliss-reactive ketones (excluding diaryl/α,β-unsaturated/α-hetero) is 1. The van der Waals surface area contributed by atoms with Gasteiger partial charge in [-0.2, -0.15) is 0 Å². The lowest BCUT2D eigenvalue weighted by molar-refractivity contribution is -0.690. The van der Waals surface area contributed by atoms with E-state index in [9.17, 15) is 9.18 Å². The SMILES string of the molecule is O=C(C[n+]1cc(-c2ccc(F)cc2)n2c1CCCCC2)c1ccc(C2CCCCC2)cc1. The summed E-state index contributed by atoms with van der Waals surface area (Å²) in [5, 5.41) is 0. The molecule has 5 rings (SSSR count). The number of aromatic nitrogens is 2. The van der Waals surface area contributed by atoms with Gasteiger partial charge in [0, 0.05) is 17.5 Å². The largest absolute Gasteiger partial charge is 0.290 e. The summed E-state index contributed by atoms with van der Waals surface area (Å²) < 4.78 is 17.9. The predicted molar refractivity (Wildman–Crippen MR) is 124 cm³/mol. The Kier molecular flexibility index (Phi) is 6.20. The summed E-state index contributed by atoms with van der Waals surface area (Å²) in [6, 6.07) is 15.0. The summed E-state index contributed by atoms with van der Waals surface area (Å²) in [6.07, 6.45) is 13.0. The van der Waals surface area contributed by atoms with Crippen LogP contribution in [-0.2, 0) is 19.5 Å². The molecular formula is C28H32FN2O+. The first-order valence-electron chi connectivity index (χ1n) is 12.2. The van der Waals surface area contributed by atoms with Gasteiger partial charge in [0.25, 0.3) is 5.82 Å². The smallest absolute Gasteiger partial charge is 0.257 e. The molecule has 3 aromatic rings. The minimum Gasteiger partial charge on any atom is -0.290 e. The molecule has 32 heavy (non-hydrogen) atoms. The Bertz CT molecular complexity index is 1080. The Balaban J connectivity index is 1.39. The molecule has 2 aliphatic rings. The van der Waals surface area contributed by atoms with Crippen LogP contribution >= 0.6 is 0 Å². The van der Waals surface area contributed by atoms with Crippen molar-refractivity contribution in [3.63, 3.8) is 0 Å². The molecule has 2 aromatic carbocycles. The maximum atomic E-state index is 13.5. The monoisotopic (exact) mass is 431 g/mol. The molecule has 1 aromatic heterocycles. The minimum absolute atomic E-state index is 0.147. The highest BCUT2D eigenvalue weighted by molar-refractivity contribution is 5.95. The first kappa shape index (κ1) is 21.1. The van der Waals surface area contributed by atoms with Gasteiger partial charge in [0.05, 0.1) is 6.54 Å². The van der Waals surface area contributed by atoms with Gasteiger partial charge in [0.15, 0.2) is 12.2 Å². The maximum absolute atomic E-state index is 13.5. The Morgan fingerprint density at radius 2 is 1.62 bits per heavy atom. The molecule has 2 heterocycles. The second-order valence-electron chi connectivity index (χ2n) is 9.41. The number of carbonyl (C=O) groups excluding carboxylic acids is 1. The fourth-order valence-electron chi connectivity index (χ4n) is 5.45. The van der Waals surface area contributed by atoms with Gasteiger partial charge in [-0.1, -0.05) is 43.5 Å². The molecule has 0 saturated heterocycles. The van der Waals surface area contributed by atoms with E-state index in [1.807, 2.05) is 24.3 Å². The standard InChI is InChI=1S/C28H32FN2O/c29-25-16-14-23(15-17-25)26-19-30(28-9-5-2-6-18-31(26)28)20-27(32)24-12-10-22(11-13-24)21-7-3-1-4-8-21/h10-17,19,21H,1-9,18,20H2/q+1. The van der Waals surface area contributed by atoms with Crippen molar-refractivity contribution < 1.29 is 13.8 Å². The highest BCUT2D eigenvalue weighted by Gasteiger charge is 2.27. The normalized spacial score (nSPS) is 17.0. The van der Waals surface area contributed by atoms with Crippen molar-refractivity contribution in [1.82, 2.24) is 4.57 Å². The lowest BCUT2D eigenvalue weighted by atomic mass is 9.84. The third-order valence-electron chi connectivity index (χ3n) is 7.26. The number of ketones is 1. The number of nitrogens with zero attached hydrogens (tertiary/aromatic N) is 2. The summed E-state index contributed by atoms with van der Waals surface area (Å²) in [5.41, 5.74) is 4.24. The highest BCUT2D eigenvalue weighted by atomic mass is 19.1. The average molecular weight is 432 g/mol. The molecule has 1 aliphatic carbocycles. The lowest BCUT2D eigenvalue weighted by Crippen LogP contribution is -2.40. The zero-order valence-corrected chi connectivity index (χ0v) is 18.7. The van der Waals surface area contributed by atoms with Crippen molar-refractivity contribution in [3.05, 3.63) is 77.5 Å². The molecule has 0 N–H and O–H groups in total. The summed E-state index contributed by atoms with van der Waals surface area (Å²) >= 11 is 0. The van der Waals surface area contributed by atoms with Crippen LogP contribution in [-0.4, -0.2) is 10.4 Å². The first-order valence-corrected chi connectivity index (χ1v) is 12.2. The summed E-state index contributed by atoms with van der Waals surface area (Å²) in [6.45, 7) is 1.29. The number of benzene rings is 2. The molecule has 0 amide bonds. The van der Waals surface area contributed by atoms with Gasteiger partial charge in [-0.05, 0) is 67.9 Å². The molecule has 3 nitrogen and oxygen atoms in total. The van der Waals surface area contributed by atoms with E-state index >= 15 is 0 Å². The highest BCUT2D eigenvalue weighted by Crippen LogP contribution is 2.32. The van der Waals surface area contributed by atoms with Crippen molar-refractivity contribution in [2.45, 2.75) is 76.8 Å². The number of hydrogen-bond donors (Lipinski definition) is 0. The van der Waals surface area contributed by atoms with Crippen LogP contribution in [0.2, 0.25) is 0 Å². The second-order valence-corrected chi connectivity index (χ2v) is 9.41. The van der Waals surface area contributed by atoms with E-state index in [1.165, 1.54) is 62.0 Å². The summed E-state index contributed by atoms with van der Waals surface area (Å²) in [7, 11) is 0. The van der Waals surface area contributed by atoms with Crippen molar-refractivity contribution in [1.29, 1.82) is 0 Å². The van der Waals surface area contributed by atoms with Crippen molar-refractivity contribution in [3.8, 4) is 11.3 Å². The van der Waals surface area contributed by atoms with Gasteiger partial charge in [0.2, 0.25) is 5.78 Å². The molecule has 0 spiro atoms. The topological polar surface area (TPSA) is 25.9 Å². The fourth-order valence-corrected chi connectivity index (χ4v) is 5.45. The second kappa shape index (κ2) is 9.40. The lowest BCUT2D eigenvalue weighted by Gasteiger charge is -2.22. The van der Waals surface area contributed by atoms with Gasteiger partial charge in [0.1, 0.15) is 12.0 Å². The molecular weight excluding hydrogens is 399 g/mol. The molecule has 1 saturated carbocycles. The van der Waals surface area contributed by atoms with Crippen LogP contribution in [0.5, 0.6) is 0 Å². The zero-order valence-electron chi connectivity index (χ0n) is 18.7. The van der Waals surface area contributed by atoms with Crippen LogP contribution in [0.3, 0.4) is 0 Å². The van der Waals surface area contributed by atoms with Crippen LogP contribution in [0.1, 0.15) is 79.0 Å². The van der Waals surface area contributed by atoms with Gasteiger partial charge in [-0.15, -0.1) is 0 Å². The Labute approximate surface area is 189 Å². The van der Waals surface area contributed by atoms with Crippen LogP contribution in [0.15, 0.2) is 54.7 Å². The van der Waals surface area contributed by atoms with Crippen LogP contribution in [0, 0.1) is 5.82 Å². The van der Waals surface area contributed by atoms with Crippen LogP contribution < -0.4 is 4.57 Å². The van der Waals surface area contributed by atoms with Crippen molar-refractivity contribution in [2.75, 3.05) is 0 Å². The van der Waals surface area contributed by atoms with Gasteiger partial charge in [-0.3, -0.25) is 4.79 Å². The number of halogens is 1. The fraction of sp³-hybridized carbons (Fsp3) is 0.429. The number of carbonyl (C=O) groups is 1. The van der Waals surface area contributed by atoms with Crippen molar-refractivity contribution in [2.24, 2.45) is 0 Å². The summed E-state index contributed by atoms with van der Waals surface area (Å²) in [4.78, 5) is 13.2. The summed E-state index contributed by atoms with van der Waals surface area (Å²) in [5.74, 6) is 1.78. The molecule has 166 valence electrons. The first-order chi connectivity index (χ1) is 15.7. The van der Waals surface area contributed by atoms with E-state index in [4.69, 9.17) is 0 Å². The van der Waals surface area contributed by atoms with E-state index in [2.05, 4.69) is 27.5 Å². The van der Waals surface area contributed by atoms with E-state index in [-0.39, 0.29) is 11.6 Å². The van der Waals surface area contributed by atoms with Crippen LogP contribution in [0.25, 0.3) is 11.3 Å². The van der Waals surface area contributed by atoms with E-state index < -0.39 is 0 Å². The molecule has 1 fully saturated rings. The Hall–Kier alpha value is -2.75. The van der Waals surface area contributed by atoms with Crippen molar-refractivity contribution >= 4 is 5.78 Å². The van der Waals surface area contributed by atoms with Gasteiger partial charge >= 0.3 is 0 Å². The number of rotatable bonds is 5. The average Bonchev–Trinajstić information content (AvgIpc) is 3.00. The molecule has 0 bridgehead atoms. The Morgan fingerprint density at radius 1 is 0.906 bits per heavy atom. The molecule has 0 atom stereocenters. The minimum atomic E-state index is -0.226. The van der Waals surface area contributed by atoms with Gasteiger partial charge < -0.3 is 0 Å².